The highest BCUT2D eigenvalue weighted by molar-refractivity contribution is 8.00. The summed E-state index contributed by atoms with van der Waals surface area (Å²) in [6, 6.07) is 8.88. The Morgan fingerprint density at radius 2 is 1.90 bits per heavy atom. The molecule has 0 amide bonds. The molecule has 2 aromatic rings. The second kappa shape index (κ2) is 6.62. The summed E-state index contributed by atoms with van der Waals surface area (Å²) in [6.45, 7) is 5.35. The van der Waals surface area contributed by atoms with E-state index in [-0.39, 0.29) is 0 Å². The molecule has 0 unspecified atom stereocenters. The maximum Gasteiger partial charge on any atom is 0.146 e. The first-order chi connectivity index (χ1) is 10.2. The van der Waals surface area contributed by atoms with E-state index in [1.807, 2.05) is 23.4 Å². The van der Waals surface area contributed by atoms with Crippen LogP contribution in [0.3, 0.4) is 0 Å². The van der Waals surface area contributed by atoms with Gasteiger partial charge in [0.2, 0.25) is 0 Å². The Labute approximate surface area is 130 Å². The molecule has 0 saturated carbocycles. The van der Waals surface area contributed by atoms with Crippen molar-refractivity contribution in [1.29, 1.82) is 0 Å². The molecule has 1 aromatic carbocycles. The van der Waals surface area contributed by atoms with E-state index in [1.54, 1.807) is 6.33 Å². The maximum atomic E-state index is 4.17. The Hall–Kier alpha value is -1.33. The van der Waals surface area contributed by atoms with Gasteiger partial charge in [-0.3, -0.25) is 4.90 Å². The highest BCUT2D eigenvalue weighted by Crippen LogP contribution is 2.30. The van der Waals surface area contributed by atoms with Gasteiger partial charge in [0.25, 0.3) is 0 Å². The first-order valence-electron chi connectivity index (χ1n) is 7.49. The number of hydrogen-bond donors (Lipinski definition) is 0. The number of benzene rings is 1. The second-order valence-corrected chi connectivity index (χ2v) is 7.14. The molecule has 4 nitrogen and oxygen atoms in total. The molecule has 112 valence electrons. The quantitative estimate of drug-likeness (QED) is 0.869. The Morgan fingerprint density at radius 1 is 1.19 bits per heavy atom. The van der Waals surface area contributed by atoms with Crippen molar-refractivity contribution in [2.45, 2.75) is 36.5 Å². The van der Waals surface area contributed by atoms with Gasteiger partial charge in [0, 0.05) is 17.2 Å². The number of hydrogen-bond acceptors (Lipinski definition) is 4. The first kappa shape index (κ1) is 14.6. The molecule has 5 heteroatoms. The Morgan fingerprint density at radius 3 is 2.52 bits per heavy atom. The van der Waals surface area contributed by atoms with Crippen LogP contribution in [0.5, 0.6) is 0 Å². The van der Waals surface area contributed by atoms with Crippen LogP contribution >= 0.6 is 11.8 Å². The van der Waals surface area contributed by atoms with Gasteiger partial charge < -0.3 is 4.57 Å². The molecule has 0 aliphatic carbocycles. The van der Waals surface area contributed by atoms with Crippen LogP contribution in [0.1, 0.15) is 24.2 Å². The van der Waals surface area contributed by atoms with Gasteiger partial charge in [0.05, 0.1) is 6.54 Å². The van der Waals surface area contributed by atoms with Crippen LogP contribution in [-0.2, 0) is 13.6 Å². The average Bonchev–Trinajstić information content (AvgIpc) is 2.89. The second-order valence-electron chi connectivity index (χ2n) is 5.76. The fourth-order valence-electron chi connectivity index (χ4n) is 2.64. The molecule has 1 saturated heterocycles. The van der Waals surface area contributed by atoms with Crippen LogP contribution in [0.25, 0.3) is 0 Å². The van der Waals surface area contributed by atoms with E-state index in [0.29, 0.717) is 0 Å². The van der Waals surface area contributed by atoms with E-state index in [2.05, 4.69) is 46.3 Å². The molecule has 0 bridgehead atoms. The minimum atomic E-state index is 0.739. The Kier molecular flexibility index (Phi) is 4.60. The van der Waals surface area contributed by atoms with Crippen molar-refractivity contribution in [3.05, 3.63) is 42.0 Å². The third-order valence-corrected chi connectivity index (χ3v) is 5.38. The topological polar surface area (TPSA) is 34.0 Å². The van der Waals surface area contributed by atoms with E-state index >= 15 is 0 Å². The monoisotopic (exact) mass is 302 g/mol. The van der Waals surface area contributed by atoms with E-state index in [4.69, 9.17) is 0 Å². The molecule has 1 fully saturated rings. The van der Waals surface area contributed by atoms with Crippen molar-refractivity contribution in [2.24, 2.45) is 7.05 Å². The number of aromatic nitrogens is 3. The lowest BCUT2D eigenvalue weighted by Gasteiger charge is -2.31. The number of aryl methyl sites for hydroxylation is 2. The maximum absolute atomic E-state index is 4.17. The lowest BCUT2D eigenvalue weighted by atomic mass is 10.1. The van der Waals surface area contributed by atoms with Gasteiger partial charge in [0.1, 0.15) is 12.2 Å². The normalized spacial score (nSPS) is 17.2. The number of nitrogens with zero attached hydrogens (tertiary/aromatic N) is 4. The van der Waals surface area contributed by atoms with Gasteiger partial charge in [-0.05, 0) is 45.0 Å². The van der Waals surface area contributed by atoms with Crippen molar-refractivity contribution in [3.8, 4) is 0 Å². The van der Waals surface area contributed by atoms with E-state index < -0.39 is 0 Å². The zero-order valence-corrected chi connectivity index (χ0v) is 13.5. The molecule has 21 heavy (non-hydrogen) atoms. The average molecular weight is 302 g/mol. The van der Waals surface area contributed by atoms with Gasteiger partial charge in [0.15, 0.2) is 0 Å². The third-order valence-electron chi connectivity index (χ3n) is 4.03. The highest BCUT2D eigenvalue weighted by Gasteiger charge is 2.21. The summed E-state index contributed by atoms with van der Waals surface area (Å²) in [7, 11) is 2.01. The van der Waals surface area contributed by atoms with E-state index in [9.17, 15) is 0 Å². The fraction of sp³-hybridized carbons (Fsp3) is 0.500. The zero-order chi connectivity index (χ0) is 14.7. The van der Waals surface area contributed by atoms with Crippen LogP contribution in [-0.4, -0.2) is 38.0 Å². The minimum Gasteiger partial charge on any atom is -0.320 e. The minimum absolute atomic E-state index is 0.739. The van der Waals surface area contributed by atoms with E-state index in [0.717, 1.165) is 30.7 Å². The summed E-state index contributed by atoms with van der Waals surface area (Å²) in [6.07, 6.45) is 4.27. The highest BCUT2D eigenvalue weighted by atomic mass is 32.2. The van der Waals surface area contributed by atoms with Gasteiger partial charge in [-0.15, -0.1) is 22.0 Å². The van der Waals surface area contributed by atoms with Crippen molar-refractivity contribution >= 4 is 11.8 Å². The number of likely N-dealkylation sites (tertiary alicyclic amines) is 1. The molecular formula is C16H22N4S. The van der Waals surface area contributed by atoms with E-state index in [1.165, 1.54) is 23.3 Å². The van der Waals surface area contributed by atoms with Gasteiger partial charge in [-0.1, -0.05) is 17.7 Å². The molecule has 0 atom stereocenters. The summed E-state index contributed by atoms with van der Waals surface area (Å²) >= 11 is 2.03. The van der Waals surface area contributed by atoms with Crippen molar-refractivity contribution in [1.82, 2.24) is 19.7 Å². The number of rotatable bonds is 4. The van der Waals surface area contributed by atoms with Crippen LogP contribution < -0.4 is 0 Å². The van der Waals surface area contributed by atoms with Crippen LogP contribution in [0.2, 0.25) is 0 Å². The number of piperidine rings is 1. The van der Waals surface area contributed by atoms with Gasteiger partial charge in [-0.2, -0.15) is 0 Å². The summed E-state index contributed by atoms with van der Waals surface area (Å²) in [5, 5.41) is 8.86. The predicted octanol–water partition coefficient (Wildman–Crippen LogP) is 2.88. The SMILES string of the molecule is Cc1ccc(SC2CCN(Cc3nncn3C)CC2)cc1. The summed E-state index contributed by atoms with van der Waals surface area (Å²) in [4.78, 5) is 3.88. The third kappa shape index (κ3) is 3.86. The zero-order valence-electron chi connectivity index (χ0n) is 12.7. The summed E-state index contributed by atoms with van der Waals surface area (Å²) < 4.78 is 2.01. The summed E-state index contributed by atoms with van der Waals surface area (Å²) in [5.74, 6) is 1.06. The lowest BCUT2D eigenvalue weighted by Crippen LogP contribution is -2.35. The van der Waals surface area contributed by atoms with Gasteiger partial charge >= 0.3 is 0 Å². The standard InChI is InChI=1S/C16H22N4S/c1-13-3-5-14(6-4-13)21-15-7-9-20(10-8-15)11-16-18-17-12-19(16)2/h3-6,12,15H,7-11H2,1-2H3. The number of thioether (sulfide) groups is 1. The van der Waals surface area contributed by atoms with Gasteiger partial charge in [-0.25, -0.2) is 0 Å². The van der Waals surface area contributed by atoms with Crippen molar-refractivity contribution in [3.63, 3.8) is 0 Å². The smallest absolute Gasteiger partial charge is 0.146 e. The molecule has 1 aliphatic rings. The molecule has 1 aliphatic heterocycles. The predicted molar refractivity (Wildman–Crippen MR) is 86.3 cm³/mol. The Balaban J connectivity index is 1.49. The molecule has 0 spiro atoms. The molecule has 0 radical (unpaired) electrons. The van der Waals surface area contributed by atoms with Crippen LogP contribution in [0, 0.1) is 6.92 Å². The molecule has 0 N–H and O–H groups in total. The lowest BCUT2D eigenvalue weighted by molar-refractivity contribution is 0.217. The van der Waals surface area contributed by atoms with Crippen molar-refractivity contribution < 1.29 is 0 Å². The van der Waals surface area contributed by atoms with Crippen molar-refractivity contribution in [2.75, 3.05) is 13.1 Å². The first-order valence-corrected chi connectivity index (χ1v) is 8.37. The summed E-state index contributed by atoms with van der Waals surface area (Å²) in [5.41, 5.74) is 1.33. The molecular weight excluding hydrogens is 280 g/mol. The Bertz CT molecular complexity index is 570. The largest absolute Gasteiger partial charge is 0.320 e. The fourth-order valence-corrected chi connectivity index (χ4v) is 3.77. The van der Waals surface area contributed by atoms with Crippen LogP contribution in [0.4, 0.5) is 0 Å². The molecule has 1 aromatic heterocycles. The van der Waals surface area contributed by atoms with Crippen LogP contribution in [0.15, 0.2) is 35.5 Å². The molecule has 2 heterocycles. The molecule has 3 rings (SSSR count).